The van der Waals surface area contributed by atoms with Crippen LogP contribution in [-0.2, 0) is 0 Å². The van der Waals surface area contributed by atoms with Gasteiger partial charge in [0.1, 0.15) is 0 Å². The topological polar surface area (TPSA) is 32.3 Å². The van der Waals surface area contributed by atoms with Gasteiger partial charge in [0.2, 0.25) is 0 Å². The van der Waals surface area contributed by atoms with Gasteiger partial charge in [-0.3, -0.25) is 9.69 Å². The zero-order chi connectivity index (χ0) is 17.8. The molecule has 2 aromatic rings. The van der Waals surface area contributed by atoms with E-state index < -0.39 is 0 Å². The fourth-order valence-electron chi connectivity index (χ4n) is 4.74. The first kappa shape index (κ1) is 17.0. The highest BCUT2D eigenvalue weighted by Crippen LogP contribution is 2.39. The van der Waals surface area contributed by atoms with Gasteiger partial charge in [0.05, 0.1) is 4.88 Å². The van der Waals surface area contributed by atoms with Gasteiger partial charge in [0.15, 0.2) is 0 Å². The van der Waals surface area contributed by atoms with E-state index in [1.54, 1.807) is 11.3 Å². The Morgan fingerprint density at radius 3 is 2.64 bits per heavy atom. The molecule has 1 aromatic heterocycles. The van der Waals surface area contributed by atoms with Gasteiger partial charge in [-0.2, -0.15) is 0 Å². The number of nitrogens with one attached hydrogen (secondary N) is 1. The normalized spacial score (nSPS) is 27.8. The van der Waals surface area contributed by atoms with E-state index in [0.717, 1.165) is 4.88 Å². The molecular formula is C21H28N2OS. The van der Waals surface area contributed by atoms with Crippen LogP contribution >= 0.6 is 11.3 Å². The van der Waals surface area contributed by atoms with Crippen molar-refractivity contribution in [3.63, 3.8) is 0 Å². The number of rotatable bonds is 3. The molecule has 3 fully saturated rings. The Balaban J connectivity index is 1.61. The molecule has 1 aromatic carbocycles. The minimum atomic E-state index is 0.0522. The van der Waals surface area contributed by atoms with Crippen LogP contribution in [0.15, 0.2) is 24.3 Å². The van der Waals surface area contributed by atoms with E-state index in [9.17, 15) is 4.79 Å². The highest BCUT2D eigenvalue weighted by atomic mass is 32.1. The second-order valence-electron chi connectivity index (χ2n) is 8.46. The van der Waals surface area contributed by atoms with Gasteiger partial charge in [-0.1, -0.05) is 32.0 Å². The molecule has 5 rings (SSSR count). The van der Waals surface area contributed by atoms with E-state index in [-0.39, 0.29) is 17.5 Å². The number of thiophene rings is 1. The summed E-state index contributed by atoms with van der Waals surface area (Å²) in [6.07, 6.45) is 2.41. The molecule has 25 heavy (non-hydrogen) atoms. The maximum atomic E-state index is 13.0. The Morgan fingerprint density at radius 2 is 2.00 bits per heavy atom. The van der Waals surface area contributed by atoms with E-state index in [0.29, 0.717) is 11.8 Å². The van der Waals surface area contributed by atoms with Crippen molar-refractivity contribution in [2.45, 2.75) is 58.0 Å². The summed E-state index contributed by atoms with van der Waals surface area (Å²) >= 11 is 1.64. The maximum absolute atomic E-state index is 13.0. The van der Waals surface area contributed by atoms with Crippen LogP contribution in [0.4, 0.5) is 0 Å². The summed E-state index contributed by atoms with van der Waals surface area (Å²) in [7, 11) is 0. The van der Waals surface area contributed by atoms with Crippen LogP contribution in [0, 0.1) is 5.92 Å². The molecule has 0 spiro atoms. The van der Waals surface area contributed by atoms with Gasteiger partial charge in [-0.25, -0.2) is 0 Å². The summed E-state index contributed by atoms with van der Waals surface area (Å²) in [5, 5.41) is 4.59. The highest BCUT2D eigenvalue weighted by molar-refractivity contribution is 7.21. The number of hydrogen-bond donors (Lipinski definition) is 1. The van der Waals surface area contributed by atoms with Crippen molar-refractivity contribution in [1.82, 2.24) is 10.2 Å². The lowest BCUT2D eigenvalue weighted by Gasteiger charge is -2.56. The number of piperidine rings is 3. The van der Waals surface area contributed by atoms with E-state index in [1.165, 1.54) is 41.6 Å². The zero-order valence-corrected chi connectivity index (χ0v) is 16.5. The number of fused-ring (bicyclic) bond motifs is 4. The lowest BCUT2D eigenvalue weighted by Crippen LogP contribution is -2.69. The third-order valence-corrected chi connectivity index (χ3v) is 7.49. The van der Waals surface area contributed by atoms with Gasteiger partial charge in [0.25, 0.3) is 5.91 Å². The lowest BCUT2D eigenvalue weighted by molar-refractivity contribution is -0.0377. The first-order chi connectivity index (χ1) is 11.9. The van der Waals surface area contributed by atoms with Crippen LogP contribution in [-0.4, -0.2) is 35.5 Å². The maximum Gasteiger partial charge on any atom is 0.261 e. The third kappa shape index (κ3) is 2.80. The summed E-state index contributed by atoms with van der Waals surface area (Å²) in [6, 6.07) is 8.71. The SMILES string of the molecule is CC(C)c1cccc2cc(C(=O)NC3C4CCN(CC4)C3(C)C)sc12. The van der Waals surface area contributed by atoms with Crippen molar-refractivity contribution in [2.75, 3.05) is 13.1 Å². The molecular weight excluding hydrogens is 328 g/mol. The van der Waals surface area contributed by atoms with E-state index >= 15 is 0 Å². The Bertz CT molecular complexity index is 799. The summed E-state index contributed by atoms with van der Waals surface area (Å²) in [6.45, 7) is 11.3. The molecule has 2 bridgehead atoms. The Labute approximate surface area is 154 Å². The van der Waals surface area contributed by atoms with Gasteiger partial charge in [-0.15, -0.1) is 11.3 Å². The number of benzene rings is 1. The predicted molar refractivity (Wildman–Crippen MR) is 106 cm³/mol. The molecule has 3 nitrogen and oxygen atoms in total. The molecule has 134 valence electrons. The van der Waals surface area contributed by atoms with Crippen molar-refractivity contribution in [3.05, 3.63) is 34.7 Å². The van der Waals surface area contributed by atoms with Crippen LogP contribution < -0.4 is 5.32 Å². The average molecular weight is 357 g/mol. The van der Waals surface area contributed by atoms with Crippen molar-refractivity contribution < 1.29 is 4.79 Å². The monoisotopic (exact) mass is 356 g/mol. The van der Waals surface area contributed by atoms with E-state index in [2.05, 4.69) is 62.2 Å². The van der Waals surface area contributed by atoms with Gasteiger partial charge >= 0.3 is 0 Å². The van der Waals surface area contributed by atoms with Crippen LogP contribution in [0.5, 0.6) is 0 Å². The first-order valence-corrected chi connectivity index (χ1v) is 10.3. The number of hydrogen-bond acceptors (Lipinski definition) is 3. The standard InChI is InChI=1S/C21H28N2OS/c1-13(2)16-7-5-6-15-12-17(25-18(15)16)20(24)22-19-14-8-10-23(11-9-14)21(19,3)4/h5-7,12-14,19H,8-11H2,1-4H3,(H,22,24). The number of nitrogens with zero attached hydrogens (tertiary/aromatic N) is 1. The second-order valence-corrected chi connectivity index (χ2v) is 9.51. The third-order valence-electron chi connectivity index (χ3n) is 6.29. The Kier molecular flexibility index (Phi) is 4.16. The predicted octanol–water partition coefficient (Wildman–Crippen LogP) is 4.63. The van der Waals surface area contributed by atoms with Gasteiger partial charge in [-0.05, 0) is 68.6 Å². The molecule has 3 aliphatic rings. The zero-order valence-electron chi connectivity index (χ0n) is 15.6. The Morgan fingerprint density at radius 1 is 1.28 bits per heavy atom. The lowest BCUT2D eigenvalue weighted by atomic mass is 9.72. The molecule has 1 atom stereocenters. The summed E-state index contributed by atoms with van der Waals surface area (Å²) in [5.41, 5.74) is 1.39. The molecule has 1 amide bonds. The molecule has 0 radical (unpaired) electrons. The van der Waals surface area contributed by atoms with Crippen LogP contribution in [0.3, 0.4) is 0 Å². The van der Waals surface area contributed by atoms with Crippen molar-refractivity contribution in [2.24, 2.45) is 5.92 Å². The number of carbonyl (C=O) groups excluding carboxylic acids is 1. The summed E-state index contributed by atoms with van der Waals surface area (Å²) in [4.78, 5) is 16.4. The highest BCUT2D eigenvalue weighted by Gasteiger charge is 2.48. The molecule has 1 N–H and O–H groups in total. The minimum absolute atomic E-state index is 0.0522. The smallest absolute Gasteiger partial charge is 0.261 e. The fourth-order valence-corrected chi connectivity index (χ4v) is 5.97. The quantitative estimate of drug-likeness (QED) is 0.870. The van der Waals surface area contributed by atoms with E-state index in [4.69, 9.17) is 0 Å². The Hall–Kier alpha value is -1.39. The second kappa shape index (κ2) is 6.10. The molecule has 4 heterocycles. The molecule has 0 aliphatic carbocycles. The molecule has 0 saturated carbocycles. The van der Waals surface area contributed by atoms with Crippen LogP contribution in [0.2, 0.25) is 0 Å². The fraction of sp³-hybridized carbons (Fsp3) is 0.571. The van der Waals surface area contributed by atoms with Gasteiger partial charge < -0.3 is 5.32 Å². The summed E-state index contributed by atoms with van der Waals surface area (Å²) < 4.78 is 1.26. The van der Waals surface area contributed by atoms with E-state index in [1.807, 2.05) is 0 Å². The number of carbonyl (C=O) groups is 1. The molecule has 3 aliphatic heterocycles. The average Bonchev–Trinajstić information content (AvgIpc) is 3.02. The van der Waals surface area contributed by atoms with Gasteiger partial charge in [0, 0.05) is 16.3 Å². The van der Waals surface area contributed by atoms with Crippen molar-refractivity contribution >= 4 is 27.3 Å². The first-order valence-electron chi connectivity index (χ1n) is 9.46. The number of amides is 1. The van der Waals surface area contributed by atoms with Crippen molar-refractivity contribution in [1.29, 1.82) is 0 Å². The van der Waals surface area contributed by atoms with Crippen LogP contribution in [0.1, 0.15) is 61.7 Å². The summed E-state index contributed by atoms with van der Waals surface area (Å²) in [5.74, 6) is 1.19. The molecule has 4 heteroatoms. The minimum Gasteiger partial charge on any atom is -0.346 e. The molecule has 1 unspecified atom stereocenters. The largest absolute Gasteiger partial charge is 0.346 e. The molecule has 3 saturated heterocycles. The van der Waals surface area contributed by atoms with Crippen molar-refractivity contribution in [3.8, 4) is 0 Å². The van der Waals surface area contributed by atoms with Crippen LogP contribution in [0.25, 0.3) is 10.1 Å².